The molecule has 1 aromatic carbocycles. The molecule has 146 valence electrons. The van der Waals surface area contributed by atoms with E-state index in [1.54, 1.807) is 29.1 Å². The van der Waals surface area contributed by atoms with Gasteiger partial charge in [0, 0.05) is 23.7 Å². The first-order valence-electron chi connectivity index (χ1n) is 9.00. The second-order valence-electron chi connectivity index (χ2n) is 7.84. The fourth-order valence-corrected chi connectivity index (χ4v) is 4.89. The summed E-state index contributed by atoms with van der Waals surface area (Å²) in [7, 11) is -3.71. The topological polar surface area (TPSA) is 76.9 Å². The van der Waals surface area contributed by atoms with Crippen LogP contribution in [-0.4, -0.2) is 23.2 Å². The molecule has 1 atom stereocenters. The van der Waals surface area contributed by atoms with E-state index in [-0.39, 0.29) is 16.1 Å². The van der Waals surface area contributed by atoms with E-state index >= 15 is 0 Å². The van der Waals surface area contributed by atoms with E-state index in [9.17, 15) is 12.8 Å². The lowest BCUT2D eigenvalue weighted by atomic mass is 9.74. The fourth-order valence-electron chi connectivity index (χ4n) is 3.71. The molecule has 1 aliphatic rings. The molecule has 8 heteroatoms. The van der Waals surface area contributed by atoms with Crippen molar-refractivity contribution in [1.82, 2.24) is 19.5 Å². The predicted octanol–water partition coefficient (Wildman–Crippen LogP) is 3.40. The normalized spacial score (nSPS) is 18.6. The molecule has 3 aromatic rings. The number of sulfonamides is 1. The number of benzene rings is 1. The van der Waals surface area contributed by atoms with Gasteiger partial charge < -0.3 is 0 Å². The highest BCUT2D eigenvalue weighted by Gasteiger charge is 2.37. The molecule has 0 aliphatic heterocycles. The first-order valence-corrected chi connectivity index (χ1v) is 10.5. The summed E-state index contributed by atoms with van der Waals surface area (Å²) in [6.45, 7) is 4.20. The number of fused-ring (bicyclic) bond motifs is 1. The van der Waals surface area contributed by atoms with Crippen molar-refractivity contribution < 1.29 is 12.8 Å². The molecule has 0 fully saturated rings. The van der Waals surface area contributed by atoms with Gasteiger partial charge in [-0.15, -0.1) is 0 Å². The lowest BCUT2D eigenvalue weighted by Gasteiger charge is -2.35. The number of hydrogen-bond acceptors (Lipinski definition) is 4. The molecule has 1 unspecified atom stereocenters. The summed E-state index contributed by atoms with van der Waals surface area (Å²) in [5.41, 5.74) is 2.39. The highest BCUT2D eigenvalue weighted by molar-refractivity contribution is 7.89. The molecule has 2 heterocycles. The van der Waals surface area contributed by atoms with E-state index in [4.69, 9.17) is 0 Å². The van der Waals surface area contributed by atoms with E-state index in [1.165, 1.54) is 30.6 Å². The zero-order chi connectivity index (χ0) is 19.9. The second-order valence-corrected chi connectivity index (χ2v) is 9.56. The quantitative estimate of drug-likeness (QED) is 0.728. The molecule has 2 aromatic heterocycles. The first kappa shape index (κ1) is 18.8. The number of hydrogen-bond donors (Lipinski definition) is 1. The number of aromatic nitrogens is 3. The third-order valence-electron chi connectivity index (χ3n) is 4.99. The monoisotopic (exact) mass is 400 g/mol. The predicted molar refractivity (Wildman–Crippen MR) is 103 cm³/mol. The molecule has 28 heavy (non-hydrogen) atoms. The standard InChI is InChI=1S/C20H21FN4O2S/c1-20(2)10-18(24-28(26,27)16-4-3-9-22-12-16)17-13-23-25(19(17)11-20)15-7-5-14(21)6-8-15/h3-9,12-13,18,24H,10-11H2,1-2H3. The third-order valence-corrected chi connectivity index (χ3v) is 6.45. The fraction of sp³-hybridized carbons (Fsp3) is 0.300. The summed E-state index contributed by atoms with van der Waals surface area (Å²) in [5, 5.41) is 4.46. The van der Waals surface area contributed by atoms with Crippen molar-refractivity contribution in [3.8, 4) is 5.69 Å². The average Bonchev–Trinajstić information content (AvgIpc) is 3.05. The van der Waals surface area contributed by atoms with Gasteiger partial charge in [0.25, 0.3) is 0 Å². The van der Waals surface area contributed by atoms with Gasteiger partial charge >= 0.3 is 0 Å². The molecule has 0 saturated carbocycles. The number of pyridine rings is 1. The minimum Gasteiger partial charge on any atom is -0.263 e. The number of nitrogens with one attached hydrogen (secondary N) is 1. The van der Waals surface area contributed by atoms with Gasteiger partial charge in [-0.3, -0.25) is 4.98 Å². The van der Waals surface area contributed by atoms with Gasteiger partial charge in [0.05, 0.1) is 17.9 Å². The number of nitrogens with zero attached hydrogens (tertiary/aromatic N) is 3. The molecular formula is C20H21FN4O2S. The van der Waals surface area contributed by atoms with Crippen LogP contribution in [0.25, 0.3) is 5.69 Å². The molecule has 0 amide bonds. The van der Waals surface area contributed by atoms with Gasteiger partial charge in [-0.25, -0.2) is 22.2 Å². The van der Waals surface area contributed by atoms with Crippen LogP contribution in [0.1, 0.15) is 37.6 Å². The smallest absolute Gasteiger partial charge is 0.242 e. The average molecular weight is 400 g/mol. The van der Waals surface area contributed by atoms with Crippen molar-refractivity contribution in [2.24, 2.45) is 5.41 Å². The highest BCUT2D eigenvalue weighted by atomic mass is 32.2. The Morgan fingerprint density at radius 1 is 1.18 bits per heavy atom. The Labute approximate surface area is 163 Å². The first-order chi connectivity index (χ1) is 13.3. The largest absolute Gasteiger partial charge is 0.263 e. The summed E-state index contributed by atoms with van der Waals surface area (Å²) in [6.07, 6.45) is 5.95. The Morgan fingerprint density at radius 3 is 2.61 bits per heavy atom. The van der Waals surface area contributed by atoms with Crippen LogP contribution in [0.3, 0.4) is 0 Å². The van der Waals surface area contributed by atoms with Gasteiger partial charge in [-0.1, -0.05) is 13.8 Å². The van der Waals surface area contributed by atoms with Gasteiger partial charge in [0.1, 0.15) is 10.7 Å². The molecular weight excluding hydrogens is 379 g/mol. The molecule has 0 bridgehead atoms. The Balaban J connectivity index is 1.73. The van der Waals surface area contributed by atoms with Crippen LogP contribution in [0, 0.1) is 11.2 Å². The molecule has 4 rings (SSSR count). The van der Waals surface area contributed by atoms with Crippen LogP contribution in [0.5, 0.6) is 0 Å². The molecule has 1 N–H and O–H groups in total. The van der Waals surface area contributed by atoms with Gasteiger partial charge in [0.2, 0.25) is 10.0 Å². The highest BCUT2D eigenvalue weighted by Crippen LogP contribution is 2.42. The summed E-state index contributed by atoms with van der Waals surface area (Å²) in [5.74, 6) is -0.313. The minimum absolute atomic E-state index is 0.130. The Bertz CT molecular complexity index is 1090. The van der Waals surface area contributed by atoms with Crippen molar-refractivity contribution in [3.63, 3.8) is 0 Å². The van der Waals surface area contributed by atoms with Crippen LogP contribution in [-0.2, 0) is 16.4 Å². The van der Waals surface area contributed by atoms with Crippen LogP contribution in [0.2, 0.25) is 0 Å². The van der Waals surface area contributed by atoms with Crippen molar-refractivity contribution in [2.75, 3.05) is 0 Å². The SMILES string of the molecule is CC1(C)Cc2c(cnn2-c2ccc(F)cc2)C(NS(=O)(=O)c2cccnc2)C1. The lowest BCUT2D eigenvalue weighted by molar-refractivity contribution is 0.268. The van der Waals surface area contributed by atoms with E-state index in [0.29, 0.717) is 6.42 Å². The van der Waals surface area contributed by atoms with E-state index in [1.807, 2.05) is 0 Å². The van der Waals surface area contributed by atoms with E-state index in [2.05, 4.69) is 28.7 Å². The number of rotatable bonds is 4. The Kier molecular flexibility index (Phi) is 4.55. The molecule has 6 nitrogen and oxygen atoms in total. The van der Waals surface area contributed by atoms with Crippen molar-refractivity contribution >= 4 is 10.0 Å². The summed E-state index contributed by atoms with van der Waals surface area (Å²) in [4.78, 5) is 4.03. The molecule has 0 saturated heterocycles. The third kappa shape index (κ3) is 3.57. The van der Waals surface area contributed by atoms with Crippen LogP contribution in [0.4, 0.5) is 4.39 Å². The maximum absolute atomic E-state index is 13.3. The second kappa shape index (κ2) is 6.79. The van der Waals surface area contributed by atoms with Crippen molar-refractivity contribution in [1.29, 1.82) is 0 Å². The van der Waals surface area contributed by atoms with Crippen LogP contribution in [0.15, 0.2) is 59.9 Å². The summed E-state index contributed by atoms with van der Waals surface area (Å²) in [6, 6.07) is 8.82. The van der Waals surface area contributed by atoms with Gasteiger partial charge in [-0.2, -0.15) is 5.10 Å². The molecule has 0 radical (unpaired) electrons. The minimum atomic E-state index is -3.71. The summed E-state index contributed by atoms with van der Waals surface area (Å²) >= 11 is 0. The number of halogens is 1. The van der Waals surface area contributed by atoms with Gasteiger partial charge in [-0.05, 0) is 54.7 Å². The molecule has 1 aliphatic carbocycles. The summed E-state index contributed by atoms with van der Waals surface area (Å²) < 4.78 is 43.5. The van der Waals surface area contributed by atoms with Crippen LogP contribution < -0.4 is 4.72 Å². The van der Waals surface area contributed by atoms with Crippen molar-refractivity contribution in [3.05, 3.63) is 72.1 Å². The van der Waals surface area contributed by atoms with E-state index in [0.717, 1.165) is 23.4 Å². The molecule has 0 spiro atoms. The van der Waals surface area contributed by atoms with E-state index < -0.39 is 16.1 Å². The maximum Gasteiger partial charge on any atom is 0.242 e. The van der Waals surface area contributed by atoms with Gasteiger partial charge in [0.15, 0.2) is 0 Å². The lowest BCUT2D eigenvalue weighted by Crippen LogP contribution is -2.36. The Hall–Kier alpha value is -2.58. The van der Waals surface area contributed by atoms with Crippen molar-refractivity contribution in [2.45, 2.75) is 37.6 Å². The van der Waals surface area contributed by atoms with Crippen LogP contribution >= 0.6 is 0 Å². The maximum atomic E-state index is 13.3. The zero-order valence-corrected chi connectivity index (χ0v) is 16.4. The Morgan fingerprint density at radius 2 is 1.93 bits per heavy atom. The zero-order valence-electron chi connectivity index (χ0n) is 15.6.